The van der Waals surface area contributed by atoms with Crippen molar-refractivity contribution in [2.45, 2.75) is 31.4 Å². The van der Waals surface area contributed by atoms with Gasteiger partial charge in [0, 0.05) is 12.5 Å². The molecule has 1 unspecified atom stereocenters. The molecule has 3 heteroatoms. The Bertz CT molecular complexity index is 334. The van der Waals surface area contributed by atoms with Gasteiger partial charge in [-0.2, -0.15) is 0 Å². The number of nitrogens with one attached hydrogen (secondary N) is 1. The number of aliphatic hydroxyl groups excluding tert-OH is 1. The first-order valence-electron chi connectivity index (χ1n) is 5.39. The van der Waals surface area contributed by atoms with Crippen LogP contribution < -0.4 is 5.09 Å². The molecule has 0 heterocycles. The second-order valence-electron chi connectivity index (χ2n) is 3.77. The van der Waals surface area contributed by atoms with Crippen molar-refractivity contribution in [1.82, 2.24) is 5.09 Å². The molecule has 16 heavy (non-hydrogen) atoms. The molecule has 2 nitrogen and oxygen atoms in total. The Morgan fingerprint density at radius 1 is 1.38 bits per heavy atom. The van der Waals surface area contributed by atoms with E-state index in [-0.39, 0.29) is 6.04 Å². The van der Waals surface area contributed by atoms with E-state index in [9.17, 15) is 5.11 Å². The van der Waals surface area contributed by atoms with Gasteiger partial charge >= 0.3 is 0 Å². The maximum absolute atomic E-state index is 10.0. The van der Waals surface area contributed by atoms with E-state index in [0.717, 1.165) is 12.0 Å². The van der Waals surface area contributed by atoms with Crippen molar-refractivity contribution < 1.29 is 5.11 Å². The third-order valence-electron chi connectivity index (χ3n) is 2.57. The smallest absolute Gasteiger partial charge is 0.0736 e. The first kappa shape index (κ1) is 13.2. The highest BCUT2D eigenvalue weighted by Gasteiger charge is 2.16. The second-order valence-corrected chi connectivity index (χ2v) is 4.11. The van der Waals surface area contributed by atoms with Crippen molar-refractivity contribution >= 4 is 9.39 Å². The molecule has 0 bridgehead atoms. The lowest BCUT2D eigenvalue weighted by molar-refractivity contribution is 0.135. The summed E-state index contributed by atoms with van der Waals surface area (Å²) in [4.78, 5) is 0. The van der Waals surface area contributed by atoms with Gasteiger partial charge in [0.15, 0.2) is 0 Å². The summed E-state index contributed by atoms with van der Waals surface area (Å²) in [6.45, 7) is 0. The number of terminal acetylenes is 1. The van der Waals surface area contributed by atoms with Gasteiger partial charge in [0.25, 0.3) is 0 Å². The Balaban J connectivity index is 2.49. The Morgan fingerprint density at radius 3 is 2.62 bits per heavy atom. The van der Waals surface area contributed by atoms with Gasteiger partial charge in [-0.15, -0.1) is 12.3 Å². The molecule has 0 spiro atoms. The number of hydrogen-bond acceptors (Lipinski definition) is 2. The monoisotopic (exact) mass is 235 g/mol. The lowest BCUT2D eigenvalue weighted by atomic mass is 9.99. The Labute approximate surface area is 99.7 Å². The van der Waals surface area contributed by atoms with E-state index in [1.807, 2.05) is 30.3 Å². The van der Waals surface area contributed by atoms with E-state index >= 15 is 0 Å². The van der Waals surface area contributed by atoms with Crippen molar-refractivity contribution in [3.8, 4) is 12.3 Å². The van der Waals surface area contributed by atoms with E-state index in [1.54, 1.807) is 0 Å². The molecule has 0 amide bonds. The first-order chi connectivity index (χ1) is 7.77. The molecule has 2 N–H and O–H groups in total. The highest BCUT2D eigenvalue weighted by Crippen LogP contribution is 2.10. The van der Waals surface area contributed by atoms with Crippen molar-refractivity contribution in [2.75, 3.05) is 0 Å². The van der Waals surface area contributed by atoms with Gasteiger partial charge < -0.3 is 5.11 Å². The zero-order valence-electron chi connectivity index (χ0n) is 9.26. The molecule has 0 fully saturated rings. The van der Waals surface area contributed by atoms with Crippen LogP contribution in [0.15, 0.2) is 30.3 Å². The zero-order chi connectivity index (χ0) is 11.8. The Kier molecular flexibility index (Phi) is 6.11. The summed E-state index contributed by atoms with van der Waals surface area (Å²) in [5, 5.41) is 13.1. The molecule has 0 aromatic heterocycles. The highest BCUT2D eigenvalue weighted by atomic mass is 31.0. The van der Waals surface area contributed by atoms with Crippen LogP contribution in [0.4, 0.5) is 0 Å². The topological polar surface area (TPSA) is 32.3 Å². The molecule has 0 saturated carbocycles. The molecule has 0 radical (unpaired) electrons. The molecule has 0 aliphatic heterocycles. The maximum Gasteiger partial charge on any atom is 0.0736 e. The summed E-state index contributed by atoms with van der Waals surface area (Å²) in [7, 11) is 2.45. The van der Waals surface area contributed by atoms with Crippen LogP contribution in [-0.2, 0) is 6.42 Å². The molecule has 1 aromatic carbocycles. The van der Waals surface area contributed by atoms with E-state index in [0.29, 0.717) is 12.8 Å². The molecular formula is C13H18NOP. The van der Waals surface area contributed by atoms with Gasteiger partial charge in [0.2, 0.25) is 0 Å². The number of rotatable bonds is 6. The average molecular weight is 235 g/mol. The minimum absolute atomic E-state index is 0.0289. The van der Waals surface area contributed by atoms with Crippen LogP contribution in [0.5, 0.6) is 0 Å². The molecule has 1 rings (SSSR count). The van der Waals surface area contributed by atoms with Crippen LogP contribution in [-0.4, -0.2) is 17.3 Å². The molecule has 0 saturated heterocycles. The first-order valence-corrected chi connectivity index (χ1v) is 5.97. The van der Waals surface area contributed by atoms with Crippen LogP contribution in [0.1, 0.15) is 18.4 Å². The molecule has 1 aromatic rings. The summed E-state index contributed by atoms with van der Waals surface area (Å²) in [6.07, 6.45) is 6.92. The summed E-state index contributed by atoms with van der Waals surface area (Å²) in [5.74, 6) is 2.59. The van der Waals surface area contributed by atoms with Gasteiger partial charge in [-0.05, 0) is 18.4 Å². The zero-order valence-corrected chi connectivity index (χ0v) is 10.4. The van der Waals surface area contributed by atoms with E-state index in [4.69, 9.17) is 6.42 Å². The fraction of sp³-hybridized carbons (Fsp3) is 0.385. The van der Waals surface area contributed by atoms with Crippen LogP contribution >= 0.6 is 9.39 Å². The van der Waals surface area contributed by atoms with Crippen LogP contribution in [0.3, 0.4) is 0 Å². The van der Waals surface area contributed by atoms with Crippen molar-refractivity contribution in [1.29, 1.82) is 0 Å². The lowest BCUT2D eigenvalue weighted by Gasteiger charge is -2.21. The van der Waals surface area contributed by atoms with Crippen LogP contribution in [0.2, 0.25) is 0 Å². The largest absolute Gasteiger partial charge is 0.391 e. The van der Waals surface area contributed by atoms with Crippen molar-refractivity contribution in [2.24, 2.45) is 0 Å². The maximum atomic E-state index is 10.0. The quantitative estimate of drug-likeness (QED) is 0.581. The molecule has 86 valence electrons. The van der Waals surface area contributed by atoms with Crippen LogP contribution in [0, 0.1) is 12.3 Å². The van der Waals surface area contributed by atoms with Gasteiger partial charge in [0.05, 0.1) is 6.10 Å². The molecule has 0 aliphatic rings. The summed E-state index contributed by atoms with van der Waals surface area (Å²) in [5.41, 5.74) is 1.14. The van der Waals surface area contributed by atoms with Gasteiger partial charge in [-0.25, -0.2) is 0 Å². The van der Waals surface area contributed by atoms with Gasteiger partial charge in [-0.3, -0.25) is 5.09 Å². The summed E-state index contributed by atoms with van der Waals surface area (Å²) in [6, 6.07) is 9.99. The standard InChI is InChI=1S/C13H18NOP/c1-2-3-9-12(14-16)13(15)10-11-7-5-4-6-8-11/h1,4-8,12-15H,3,9-10,16H2/t12-,13-/m1/s1. The third kappa shape index (κ3) is 4.33. The Morgan fingerprint density at radius 2 is 2.06 bits per heavy atom. The highest BCUT2D eigenvalue weighted by molar-refractivity contribution is 7.13. The number of aliphatic hydroxyl groups is 1. The molecule has 0 aliphatic carbocycles. The third-order valence-corrected chi connectivity index (χ3v) is 2.99. The summed E-state index contributed by atoms with van der Waals surface area (Å²) >= 11 is 0. The van der Waals surface area contributed by atoms with Gasteiger partial charge in [-0.1, -0.05) is 39.7 Å². The predicted molar refractivity (Wildman–Crippen MR) is 70.9 cm³/mol. The average Bonchev–Trinajstić information content (AvgIpc) is 2.31. The predicted octanol–water partition coefficient (Wildman–Crippen LogP) is 1.75. The van der Waals surface area contributed by atoms with Crippen LogP contribution in [0.25, 0.3) is 0 Å². The molecule has 3 atom stereocenters. The fourth-order valence-corrected chi connectivity index (χ4v) is 2.01. The second kappa shape index (κ2) is 7.41. The SMILES string of the molecule is C#CCC[C@@H](NP)[C@H](O)Cc1ccccc1. The van der Waals surface area contributed by atoms with E-state index in [2.05, 4.69) is 20.4 Å². The lowest BCUT2D eigenvalue weighted by Crippen LogP contribution is -2.36. The fourth-order valence-electron chi connectivity index (χ4n) is 1.62. The van der Waals surface area contributed by atoms with Crippen molar-refractivity contribution in [3.05, 3.63) is 35.9 Å². The normalized spacial score (nSPS) is 14.1. The van der Waals surface area contributed by atoms with E-state index < -0.39 is 6.10 Å². The number of benzene rings is 1. The summed E-state index contributed by atoms with van der Waals surface area (Å²) < 4.78 is 0. The van der Waals surface area contributed by atoms with Gasteiger partial charge in [0.1, 0.15) is 0 Å². The Hall–Kier alpha value is -0.870. The minimum Gasteiger partial charge on any atom is -0.391 e. The molecular weight excluding hydrogens is 217 g/mol. The van der Waals surface area contributed by atoms with E-state index in [1.165, 1.54) is 0 Å². The van der Waals surface area contributed by atoms with Crippen molar-refractivity contribution in [3.63, 3.8) is 0 Å². The minimum atomic E-state index is -0.409. The number of hydrogen-bond donors (Lipinski definition) is 2.